The van der Waals surface area contributed by atoms with Crippen LogP contribution in [0.2, 0.25) is 0 Å². The van der Waals surface area contributed by atoms with E-state index in [1.54, 1.807) is 11.8 Å². The third-order valence-corrected chi connectivity index (χ3v) is 3.27. The van der Waals surface area contributed by atoms with E-state index in [2.05, 4.69) is 17.2 Å². The van der Waals surface area contributed by atoms with Gasteiger partial charge in [-0.15, -0.1) is 0 Å². The molecular formula is C11H15FN2OS. The lowest BCUT2D eigenvalue weighted by Gasteiger charge is -2.09. The predicted octanol–water partition coefficient (Wildman–Crippen LogP) is 2.09. The van der Waals surface area contributed by atoms with E-state index in [-0.39, 0.29) is 5.91 Å². The molecule has 1 aromatic rings. The van der Waals surface area contributed by atoms with Crippen LogP contribution in [0.25, 0.3) is 0 Å². The third-order valence-electron chi connectivity index (χ3n) is 2.23. The van der Waals surface area contributed by atoms with Gasteiger partial charge in [-0.1, -0.05) is 6.92 Å². The fraction of sp³-hybridized carbons (Fsp3) is 0.455. The van der Waals surface area contributed by atoms with Crippen molar-refractivity contribution in [1.82, 2.24) is 10.3 Å². The lowest BCUT2D eigenvalue weighted by atomic mass is 10.2. The van der Waals surface area contributed by atoms with E-state index in [1.807, 2.05) is 6.26 Å². The van der Waals surface area contributed by atoms with E-state index >= 15 is 0 Å². The van der Waals surface area contributed by atoms with Crippen LogP contribution in [0.1, 0.15) is 23.7 Å². The largest absolute Gasteiger partial charge is 0.352 e. The van der Waals surface area contributed by atoms with E-state index in [0.29, 0.717) is 17.4 Å². The van der Waals surface area contributed by atoms with Crippen molar-refractivity contribution in [2.45, 2.75) is 18.6 Å². The highest BCUT2D eigenvalue weighted by Gasteiger charge is 2.07. The first kappa shape index (κ1) is 13.0. The number of halogens is 1. The zero-order valence-electron chi connectivity index (χ0n) is 9.37. The highest BCUT2D eigenvalue weighted by molar-refractivity contribution is 7.99. The lowest BCUT2D eigenvalue weighted by molar-refractivity contribution is 0.0952. The van der Waals surface area contributed by atoms with Crippen molar-refractivity contribution in [2.75, 3.05) is 12.8 Å². The number of pyridine rings is 1. The molecule has 5 heteroatoms. The lowest BCUT2D eigenvalue weighted by Crippen LogP contribution is -2.26. The van der Waals surface area contributed by atoms with Gasteiger partial charge in [0.15, 0.2) is 0 Å². The van der Waals surface area contributed by atoms with E-state index in [4.69, 9.17) is 0 Å². The number of nitrogens with one attached hydrogen (secondary N) is 1. The maximum absolute atomic E-state index is 12.7. The molecule has 0 bridgehead atoms. The van der Waals surface area contributed by atoms with Crippen LogP contribution in [-0.2, 0) is 0 Å². The maximum atomic E-state index is 12.7. The van der Waals surface area contributed by atoms with Crippen molar-refractivity contribution in [3.05, 3.63) is 29.8 Å². The minimum atomic E-state index is -0.634. The number of carbonyl (C=O) groups is 1. The van der Waals surface area contributed by atoms with Crippen molar-refractivity contribution in [3.8, 4) is 0 Å². The average Bonchev–Trinajstić information content (AvgIpc) is 2.28. The van der Waals surface area contributed by atoms with Gasteiger partial charge in [-0.05, 0) is 18.7 Å². The molecule has 0 saturated heterocycles. The molecule has 1 rings (SSSR count). The van der Waals surface area contributed by atoms with Gasteiger partial charge in [0.05, 0.1) is 0 Å². The summed E-state index contributed by atoms with van der Waals surface area (Å²) >= 11 is 1.75. The van der Waals surface area contributed by atoms with Crippen molar-refractivity contribution < 1.29 is 9.18 Å². The smallest absolute Gasteiger partial charge is 0.251 e. The Balaban J connectivity index is 2.41. The Morgan fingerprint density at radius 1 is 1.69 bits per heavy atom. The van der Waals surface area contributed by atoms with Crippen LogP contribution in [0.4, 0.5) is 4.39 Å². The zero-order chi connectivity index (χ0) is 12.0. The molecule has 1 heterocycles. The molecule has 1 atom stereocenters. The summed E-state index contributed by atoms with van der Waals surface area (Å²) in [7, 11) is 0. The Labute approximate surface area is 98.8 Å². The van der Waals surface area contributed by atoms with Crippen molar-refractivity contribution in [1.29, 1.82) is 0 Å². The summed E-state index contributed by atoms with van der Waals surface area (Å²) in [6.07, 6.45) is 4.22. The first-order valence-electron chi connectivity index (χ1n) is 5.06. The average molecular weight is 242 g/mol. The Kier molecular flexibility index (Phi) is 5.25. The van der Waals surface area contributed by atoms with Gasteiger partial charge in [0, 0.05) is 29.6 Å². The molecule has 3 nitrogen and oxygen atoms in total. The van der Waals surface area contributed by atoms with Crippen LogP contribution in [0.15, 0.2) is 18.3 Å². The summed E-state index contributed by atoms with van der Waals surface area (Å²) in [5.41, 5.74) is 0.310. The number of aromatic nitrogens is 1. The van der Waals surface area contributed by atoms with Gasteiger partial charge in [-0.2, -0.15) is 16.2 Å². The van der Waals surface area contributed by atoms with Crippen LogP contribution < -0.4 is 5.32 Å². The molecule has 88 valence electrons. The van der Waals surface area contributed by atoms with E-state index in [1.165, 1.54) is 12.3 Å². The Bertz CT molecular complexity index is 360. The van der Waals surface area contributed by atoms with Crippen molar-refractivity contribution in [3.63, 3.8) is 0 Å². The topological polar surface area (TPSA) is 42.0 Å². The zero-order valence-corrected chi connectivity index (χ0v) is 10.2. The molecule has 0 aliphatic rings. The molecule has 1 N–H and O–H groups in total. The van der Waals surface area contributed by atoms with Crippen molar-refractivity contribution >= 4 is 17.7 Å². The molecule has 0 spiro atoms. The quantitative estimate of drug-likeness (QED) is 0.804. The molecule has 1 amide bonds. The number of hydrogen-bond acceptors (Lipinski definition) is 3. The van der Waals surface area contributed by atoms with Crippen molar-refractivity contribution in [2.24, 2.45) is 0 Å². The maximum Gasteiger partial charge on any atom is 0.251 e. The molecule has 0 aliphatic carbocycles. The van der Waals surface area contributed by atoms with Gasteiger partial charge in [0.25, 0.3) is 5.91 Å². The van der Waals surface area contributed by atoms with E-state index < -0.39 is 5.95 Å². The molecule has 16 heavy (non-hydrogen) atoms. The van der Waals surface area contributed by atoms with Gasteiger partial charge in [0.1, 0.15) is 0 Å². The Morgan fingerprint density at radius 2 is 2.44 bits per heavy atom. The Hall–Kier alpha value is -1.10. The molecular weight excluding hydrogens is 227 g/mol. The van der Waals surface area contributed by atoms with Crippen LogP contribution in [-0.4, -0.2) is 28.9 Å². The molecule has 0 fully saturated rings. The van der Waals surface area contributed by atoms with Crippen LogP contribution in [0.5, 0.6) is 0 Å². The van der Waals surface area contributed by atoms with Crippen LogP contribution in [0.3, 0.4) is 0 Å². The first-order chi connectivity index (χ1) is 7.63. The number of rotatable bonds is 5. The monoisotopic (exact) mass is 242 g/mol. The summed E-state index contributed by atoms with van der Waals surface area (Å²) in [6.45, 7) is 2.70. The molecule has 0 aliphatic heterocycles. The summed E-state index contributed by atoms with van der Waals surface area (Å²) in [5, 5.41) is 3.25. The van der Waals surface area contributed by atoms with Gasteiger partial charge in [-0.25, -0.2) is 4.98 Å². The minimum Gasteiger partial charge on any atom is -0.352 e. The van der Waals surface area contributed by atoms with E-state index in [0.717, 1.165) is 12.5 Å². The van der Waals surface area contributed by atoms with E-state index in [9.17, 15) is 9.18 Å². The fourth-order valence-corrected chi connectivity index (χ4v) is 1.51. The molecule has 0 radical (unpaired) electrons. The second kappa shape index (κ2) is 6.48. The normalized spacial score (nSPS) is 12.2. The summed E-state index contributed by atoms with van der Waals surface area (Å²) in [4.78, 5) is 14.9. The first-order valence-corrected chi connectivity index (χ1v) is 6.35. The molecule has 1 unspecified atom stereocenters. The number of nitrogens with zero attached hydrogens (tertiary/aromatic N) is 1. The highest BCUT2D eigenvalue weighted by Crippen LogP contribution is 2.08. The summed E-state index contributed by atoms with van der Waals surface area (Å²) < 4.78 is 12.7. The molecule has 0 saturated carbocycles. The van der Waals surface area contributed by atoms with Gasteiger partial charge < -0.3 is 5.32 Å². The number of carbonyl (C=O) groups excluding carboxylic acids is 1. The molecule has 0 aromatic carbocycles. The second-order valence-corrected chi connectivity index (χ2v) is 4.73. The van der Waals surface area contributed by atoms with Gasteiger partial charge in [0.2, 0.25) is 5.95 Å². The standard InChI is InChI=1S/C11H15FN2OS/c1-8(16-2)3-5-14-11(15)9-4-6-13-10(12)7-9/h4,6-8H,3,5H2,1-2H3,(H,14,15). The fourth-order valence-electron chi connectivity index (χ4n) is 1.15. The second-order valence-electron chi connectivity index (χ2n) is 3.46. The van der Waals surface area contributed by atoms with Crippen LogP contribution >= 0.6 is 11.8 Å². The molecule has 1 aromatic heterocycles. The highest BCUT2D eigenvalue weighted by atomic mass is 32.2. The SMILES string of the molecule is CSC(C)CCNC(=O)c1ccnc(F)c1. The minimum absolute atomic E-state index is 0.255. The predicted molar refractivity (Wildman–Crippen MR) is 64.1 cm³/mol. The number of thioether (sulfide) groups is 1. The van der Waals surface area contributed by atoms with Gasteiger partial charge >= 0.3 is 0 Å². The number of amides is 1. The van der Waals surface area contributed by atoms with Gasteiger partial charge in [-0.3, -0.25) is 4.79 Å². The summed E-state index contributed by atoms with van der Waals surface area (Å²) in [6, 6.07) is 2.63. The third kappa shape index (κ3) is 4.18. The number of hydrogen-bond donors (Lipinski definition) is 1. The Morgan fingerprint density at radius 3 is 3.06 bits per heavy atom. The van der Waals surface area contributed by atoms with Crippen LogP contribution in [0, 0.1) is 5.95 Å². The summed E-state index contributed by atoms with van der Waals surface area (Å²) in [5.74, 6) is -0.889.